The van der Waals surface area contributed by atoms with Gasteiger partial charge in [-0.1, -0.05) is 12.1 Å². The van der Waals surface area contributed by atoms with E-state index in [9.17, 15) is 17.6 Å². The van der Waals surface area contributed by atoms with E-state index in [1.807, 2.05) is 0 Å². The maximum absolute atomic E-state index is 13.6. The molecule has 0 saturated carbocycles. The van der Waals surface area contributed by atoms with Gasteiger partial charge in [-0.2, -0.15) is 0 Å². The molecule has 0 amide bonds. The molecule has 0 N–H and O–H groups in total. The van der Waals surface area contributed by atoms with Crippen LogP contribution < -0.4 is 0 Å². The second-order valence-corrected chi connectivity index (χ2v) is 4.24. The number of hydrogen-bond donors (Lipinski definition) is 0. The molecular weight excluding hydrogens is 300 g/mol. The van der Waals surface area contributed by atoms with Crippen LogP contribution in [0.2, 0.25) is 0 Å². The summed E-state index contributed by atoms with van der Waals surface area (Å²) >= 11 is 0. The molecule has 4 nitrogen and oxygen atoms in total. The summed E-state index contributed by atoms with van der Waals surface area (Å²) < 4.78 is 54.4. The third-order valence-electron chi connectivity index (χ3n) is 2.85. The van der Waals surface area contributed by atoms with Gasteiger partial charge in [-0.3, -0.25) is 0 Å². The molecule has 0 fully saturated rings. The predicted octanol–water partition coefficient (Wildman–Crippen LogP) is 3.16. The van der Waals surface area contributed by atoms with E-state index in [-0.39, 0.29) is 0 Å². The summed E-state index contributed by atoms with van der Waals surface area (Å²) in [6.45, 7) is 0. The van der Waals surface area contributed by atoms with Crippen LogP contribution in [0.4, 0.5) is 17.6 Å². The van der Waals surface area contributed by atoms with Crippen LogP contribution in [0.1, 0.15) is 0 Å². The van der Waals surface area contributed by atoms with Crippen molar-refractivity contribution in [1.29, 1.82) is 0 Å². The van der Waals surface area contributed by atoms with Gasteiger partial charge in [0.15, 0.2) is 0 Å². The smallest absolute Gasteiger partial charge is 0.206 e. The van der Waals surface area contributed by atoms with E-state index in [1.54, 1.807) is 0 Å². The van der Waals surface area contributed by atoms with Crippen LogP contribution in [-0.2, 0) is 0 Å². The Morgan fingerprint density at radius 3 is 1.05 bits per heavy atom. The minimum atomic E-state index is -0.895. The van der Waals surface area contributed by atoms with Gasteiger partial charge in [-0.15, -0.1) is 20.4 Å². The fourth-order valence-electron chi connectivity index (χ4n) is 1.85. The molecule has 0 aliphatic heterocycles. The first-order chi connectivity index (χ1) is 10.6. The van der Waals surface area contributed by atoms with Crippen LogP contribution in [0.5, 0.6) is 0 Å². The molecule has 1 aromatic heterocycles. The number of halogens is 4. The minimum absolute atomic E-state index is 0.420. The first-order valence-corrected chi connectivity index (χ1v) is 6.04. The zero-order chi connectivity index (χ0) is 15.7. The molecule has 0 spiro atoms. The Balaban J connectivity index is 2.08. The van der Waals surface area contributed by atoms with E-state index in [2.05, 4.69) is 20.4 Å². The maximum Gasteiger partial charge on any atom is 0.209 e. The van der Waals surface area contributed by atoms with Gasteiger partial charge in [-0.05, 0) is 24.3 Å². The van der Waals surface area contributed by atoms with Gasteiger partial charge >= 0.3 is 0 Å². The zero-order valence-corrected chi connectivity index (χ0v) is 10.8. The van der Waals surface area contributed by atoms with E-state index in [0.717, 1.165) is 24.3 Å². The first-order valence-electron chi connectivity index (χ1n) is 6.04. The Bertz CT molecular complexity index is 726. The van der Waals surface area contributed by atoms with Crippen molar-refractivity contribution in [3.63, 3.8) is 0 Å². The molecule has 0 unspecified atom stereocenters. The average Bonchev–Trinajstić information content (AvgIpc) is 2.48. The van der Waals surface area contributed by atoms with Crippen LogP contribution in [0, 0.1) is 23.3 Å². The summed E-state index contributed by atoms with van der Waals surface area (Å²) in [5.74, 6) is -4.42. The molecular formula is C14H6F4N4. The van der Waals surface area contributed by atoms with Crippen molar-refractivity contribution in [1.82, 2.24) is 20.4 Å². The zero-order valence-electron chi connectivity index (χ0n) is 10.8. The van der Waals surface area contributed by atoms with Crippen molar-refractivity contribution in [2.75, 3.05) is 0 Å². The molecule has 0 radical (unpaired) electrons. The Hall–Kier alpha value is -2.90. The van der Waals surface area contributed by atoms with Gasteiger partial charge in [0.2, 0.25) is 11.6 Å². The van der Waals surface area contributed by atoms with E-state index in [1.165, 1.54) is 12.1 Å². The third kappa shape index (κ3) is 2.39. The van der Waals surface area contributed by atoms with Crippen LogP contribution in [0.3, 0.4) is 0 Å². The molecule has 3 rings (SSSR count). The third-order valence-corrected chi connectivity index (χ3v) is 2.85. The van der Waals surface area contributed by atoms with Crippen LogP contribution in [0.25, 0.3) is 22.8 Å². The van der Waals surface area contributed by atoms with Gasteiger partial charge < -0.3 is 0 Å². The standard InChI is InChI=1S/C14H6F4N4/c15-7-3-1-4-8(16)11(7)13-19-21-14(22-20-13)12-9(17)5-2-6-10(12)18/h1-6H. The number of aromatic nitrogens is 4. The molecule has 0 bridgehead atoms. The van der Waals surface area contributed by atoms with Gasteiger partial charge in [0, 0.05) is 0 Å². The highest BCUT2D eigenvalue weighted by atomic mass is 19.1. The lowest BCUT2D eigenvalue weighted by Crippen LogP contribution is -2.04. The highest BCUT2D eigenvalue weighted by Crippen LogP contribution is 2.24. The topological polar surface area (TPSA) is 51.6 Å². The quantitative estimate of drug-likeness (QED) is 0.682. The highest BCUT2D eigenvalue weighted by Gasteiger charge is 2.18. The van der Waals surface area contributed by atoms with Crippen molar-refractivity contribution in [2.24, 2.45) is 0 Å². The van der Waals surface area contributed by atoms with Crippen molar-refractivity contribution >= 4 is 0 Å². The molecule has 0 aliphatic carbocycles. The first kappa shape index (κ1) is 14.1. The summed E-state index contributed by atoms with van der Waals surface area (Å²) in [6, 6.07) is 6.44. The Morgan fingerprint density at radius 1 is 0.500 bits per heavy atom. The molecule has 1 heterocycles. The molecule has 0 aliphatic rings. The lowest BCUT2D eigenvalue weighted by molar-refractivity contribution is 0.581. The lowest BCUT2D eigenvalue weighted by atomic mass is 10.2. The summed E-state index contributed by atoms with van der Waals surface area (Å²) in [5.41, 5.74) is -1.02. The lowest BCUT2D eigenvalue weighted by Gasteiger charge is -2.04. The van der Waals surface area contributed by atoms with Gasteiger partial charge in [0.1, 0.15) is 23.3 Å². The second-order valence-electron chi connectivity index (χ2n) is 4.24. The summed E-state index contributed by atoms with van der Waals surface area (Å²) in [4.78, 5) is 0. The fraction of sp³-hybridized carbons (Fsp3) is 0. The van der Waals surface area contributed by atoms with Crippen molar-refractivity contribution in [2.45, 2.75) is 0 Å². The van der Waals surface area contributed by atoms with Crippen LogP contribution in [-0.4, -0.2) is 20.4 Å². The fourth-order valence-corrected chi connectivity index (χ4v) is 1.85. The van der Waals surface area contributed by atoms with Crippen LogP contribution >= 0.6 is 0 Å². The molecule has 0 saturated heterocycles. The van der Waals surface area contributed by atoms with Crippen molar-refractivity contribution in [3.8, 4) is 22.8 Å². The van der Waals surface area contributed by atoms with Gasteiger partial charge in [0.25, 0.3) is 0 Å². The normalized spacial score (nSPS) is 10.7. The number of benzene rings is 2. The molecule has 110 valence electrons. The Kier molecular flexibility index (Phi) is 3.50. The monoisotopic (exact) mass is 306 g/mol. The van der Waals surface area contributed by atoms with E-state index >= 15 is 0 Å². The average molecular weight is 306 g/mol. The minimum Gasteiger partial charge on any atom is -0.206 e. The predicted molar refractivity (Wildman–Crippen MR) is 68.3 cm³/mol. The number of nitrogens with zero attached hydrogens (tertiary/aromatic N) is 4. The van der Waals surface area contributed by atoms with Crippen molar-refractivity contribution < 1.29 is 17.6 Å². The summed E-state index contributed by atoms with van der Waals surface area (Å²) in [6.07, 6.45) is 0. The summed E-state index contributed by atoms with van der Waals surface area (Å²) in [7, 11) is 0. The van der Waals surface area contributed by atoms with E-state index in [4.69, 9.17) is 0 Å². The molecule has 2 aromatic carbocycles. The van der Waals surface area contributed by atoms with Crippen LogP contribution in [0.15, 0.2) is 36.4 Å². The Morgan fingerprint density at radius 2 is 0.773 bits per heavy atom. The molecule has 3 aromatic rings. The summed E-state index contributed by atoms with van der Waals surface area (Å²) in [5, 5.41) is 14.0. The molecule has 22 heavy (non-hydrogen) atoms. The van der Waals surface area contributed by atoms with E-state index < -0.39 is 46.0 Å². The second kappa shape index (κ2) is 5.47. The largest absolute Gasteiger partial charge is 0.209 e. The maximum atomic E-state index is 13.6. The molecule has 8 heteroatoms. The Labute approximate surface area is 121 Å². The van der Waals surface area contributed by atoms with Gasteiger partial charge in [0.05, 0.1) is 11.1 Å². The van der Waals surface area contributed by atoms with Crippen molar-refractivity contribution in [3.05, 3.63) is 59.7 Å². The highest BCUT2D eigenvalue weighted by molar-refractivity contribution is 5.58. The SMILES string of the molecule is Fc1cccc(F)c1-c1nnc(-c2c(F)cccc2F)nn1. The van der Waals surface area contributed by atoms with Gasteiger partial charge in [-0.25, -0.2) is 17.6 Å². The van der Waals surface area contributed by atoms with E-state index in [0.29, 0.717) is 0 Å². The number of rotatable bonds is 2. The molecule has 0 atom stereocenters. The number of hydrogen-bond acceptors (Lipinski definition) is 4.